The maximum atomic E-state index is 12.7. The number of carbonyl (C=O) groups excluding carboxylic acids is 1. The lowest BCUT2D eigenvalue weighted by Crippen LogP contribution is -2.49. The molecule has 1 amide bonds. The summed E-state index contributed by atoms with van der Waals surface area (Å²) in [5.74, 6) is 0.893. The summed E-state index contributed by atoms with van der Waals surface area (Å²) >= 11 is 0. The Kier molecular flexibility index (Phi) is 6.73. The molecular weight excluding hydrogens is 399 g/mol. The maximum Gasteiger partial charge on any atom is 0.298 e. The Morgan fingerprint density at radius 3 is 2.43 bits per heavy atom. The highest BCUT2D eigenvalue weighted by Gasteiger charge is 2.35. The van der Waals surface area contributed by atoms with Gasteiger partial charge in [0.1, 0.15) is 5.52 Å². The number of aromatic nitrogens is 1. The summed E-state index contributed by atoms with van der Waals surface area (Å²) in [5, 5.41) is 3.66. The van der Waals surface area contributed by atoms with Crippen molar-refractivity contribution in [2.24, 2.45) is 5.92 Å². The van der Waals surface area contributed by atoms with Crippen LogP contribution in [-0.2, 0) is 4.79 Å². The second-order valence-electron chi connectivity index (χ2n) is 8.01. The predicted molar refractivity (Wildman–Crippen MR) is 115 cm³/mol. The topological polar surface area (TPSA) is 61.6 Å². The number of nitrogens with zero attached hydrogens (tertiary/aromatic N) is 3. The van der Waals surface area contributed by atoms with Gasteiger partial charge in [0.25, 0.3) is 6.01 Å². The highest BCUT2D eigenvalue weighted by molar-refractivity contribution is 5.85. The molecule has 5 rings (SSSR count). The van der Waals surface area contributed by atoms with Crippen LogP contribution in [0, 0.1) is 5.92 Å². The Balaban J connectivity index is 0.00000112. The summed E-state index contributed by atoms with van der Waals surface area (Å²) < 4.78 is 5.86. The van der Waals surface area contributed by atoms with E-state index in [0.29, 0.717) is 29.9 Å². The Morgan fingerprint density at radius 2 is 1.75 bits per heavy atom. The van der Waals surface area contributed by atoms with E-state index in [1.807, 2.05) is 29.2 Å². The van der Waals surface area contributed by atoms with Crippen LogP contribution in [0.25, 0.3) is 11.1 Å². The molecule has 3 aliphatic rings. The minimum Gasteiger partial charge on any atom is -0.423 e. The van der Waals surface area contributed by atoms with E-state index < -0.39 is 0 Å². The van der Waals surface area contributed by atoms with Gasteiger partial charge in [-0.3, -0.25) is 4.79 Å². The second kappa shape index (κ2) is 8.89. The highest BCUT2D eigenvalue weighted by atomic mass is 35.5. The molecule has 1 N–H and O–H groups in total. The quantitative estimate of drug-likeness (QED) is 0.815. The average Bonchev–Trinajstić information content (AvgIpc) is 3.24. The number of halogens is 2. The van der Waals surface area contributed by atoms with Crippen molar-refractivity contribution in [2.75, 3.05) is 31.1 Å². The van der Waals surface area contributed by atoms with Crippen molar-refractivity contribution in [2.45, 2.75) is 44.2 Å². The first-order valence-electron chi connectivity index (χ1n) is 9.89. The number of nitrogens with one attached hydrogen (secondary N) is 1. The minimum atomic E-state index is 0. The van der Waals surface area contributed by atoms with Crippen LogP contribution in [0.15, 0.2) is 28.7 Å². The number of fused-ring (bicyclic) bond motifs is 3. The fraction of sp³-hybridized carbons (Fsp3) is 0.600. The third-order valence-electron chi connectivity index (χ3n) is 6.22. The van der Waals surface area contributed by atoms with Gasteiger partial charge in [-0.15, -0.1) is 24.8 Å². The van der Waals surface area contributed by atoms with Crippen LogP contribution >= 0.6 is 24.8 Å². The number of piperidine rings is 1. The van der Waals surface area contributed by atoms with E-state index in [4.69, 9.17) is 4.42 Å². The molecule has 0 radical (unpaired) electrons. The number of carbonyl (C=O) groups is 1. The van der Waals surface area contributed by atoms with E-state index >= 15 is 0 Å². The van der Waals surface area contributed by atoms with Crippen molar-refractivity contribution in [3.05, 3.63) is 24.3 Å². The van der Waals surface area contributed by atoms with Crippen molar-refractivity contribution >= 4 is 47.8 Å². The summed E-state index contributed by atoms with van der Waals surface area (Å²) in [4.78, 5) is 21.5. The molecule has 2 aromatic rings. The van der Waals surface area contributed by atoms with E-state index in [0.717, 1.165) is 43.7 Å². The molecule has 2 unspecified atom stereocenters. The van der Waals surface area contributed by atoms with Crippen LogP contribution in [0.5, 0.6) is 0 Å². The molecule has 1 aromatic heterocycles. The van der Waals surface area contributed by atoms with Gasteiger partial charge in [-0.05, 0) is 43.7 Å². The lowest BCUT2D eigenvalue weighted by Gasteiger charge is -2.35. The lowest BCUT2D eigenvalue weighted by molar-refractivity contribution is -0.132. The minimum absolute atomic E-state index is 0. The van der Waals surface area contributed by atoms with Crippen LogP contribution in [0.4, 0.5) is 6.01 Å². The van der Waals surface area contributed by atoms with Crippen molar-refractivity contribution < 1.29 is 9.21 Å². The summed E-state index contributed by atoms with van der Waals surface area (Å²) in [6, 6.07) is 9.82. The fourth-order valence-corrected chi connectivity index (χ4v) is 4.86. The summed E-state index contributed by atoms with van der Waals surface area (Å²) in [6.45, 7) is 3.09. The average molecular weight is 427 g/mol. The largest absolute Gasteiger partial charge is 0.423 e. The van der Waals surface area contributed by atoms with Gasteiger partial charge in [-0.1, -0.05) is 12.1 Å². The summed E-state index contributed by atoms with van der Waals surface area (Å²) in [6.07, 6.45) is 5.64. The zero-order chi connectivity index (χ0) is 17.5. The predicted octanol–water partition coefficient (Wildman–Crippen LogP) is 3.24. The monoisotopic (exact) mass is 426 g/mol. The van der Waals surface area contributed by atoms with E-state index in [2.05, 4.69) is 15.2 Å². The number of hydrogen-bond acceptors (Lipinski definition) is 5. The number of anilines is 1. The van der Waals surface area contributed by atoms with Crippen molar-refractivity contribution in [1.29, 1.82) is 0 Å². The highest BCUT2D eigenvalue weighted by Crippen LogP contribution is 2.33. The molecule has 3 saturated heterocycles. The molecule has 2 bridgehead atoms. The standard InChI is InChI=1S/C20H26N4O2.2ClH/c25-19(13-14-11-15-5-6-16(12-14)21-15)23-7-9-24(10-8-23)20-22-17-3-1-2-4-18(17)26-20;;/h1-4,14-16,21H,5-13H2;2*1H. The van der Waals surface area contributed by atoms with Gasteiger partial charge in [-0.25, -0.2) is 0 Å². The molecule has 4 heterocycles. The third-order valence-corrected chi connectivity index (χ3v) is 6.22. The number of para-hydroxylation sites is 2. The van der Waals surface area contributed by atoms with Crippen LogP contribution in [0.1, 0.15) is 32.1 Å². The molecule has 1 aromatic carbocycles. The molecule has 0 spiro atoms. The second-order valence-corrected chi connectivity index (χ2v) is 8.01. The Labute approximate surface area is 177 Å². The number of piperazine rings is 1. The smallest absolute Gasteiger partial charge is 0.298 e. The first-order chi connectivity index (χ1) is 12.7. The van der Waals surface area contributed by atoms with Gasteiger partial charge in [0.05, 0.1) is 0 Å². The van der Waals surface area contributed by atoms with Gasteiger partial charge in [0.2, 0.25) is 5.91 Å². The van der Waals surface area contributed by atoms with E-state index in [9.17, 15) is 4.79 Å². The Hall–Kier alpha value is -1.50. The Bertz CT molecular complexity index is 761. The summed E-state index contributed by atoms with van der Waals surface area (Å²) in [7, 11) is 0. The van der Waals surface area contributed by atoms with E-state index in [1.54, 1.807) is 0 Å². The lowest BCUT2D eigenvalue weighted by atomic mass is 9.89. The molecule has 0 saturated carbocycles. The zero-order valence-corrected chi connectivity index (χ0v) is 17.5. The van der Waals surface area contributed by atoms with Crippen LogP contribution in [0.3, 0.4) is 0 Å². The SMILES string of the molecule is Cl.Cl.O=C(CC1CC2CCC(C1)N2)N1CCN(c2nc3ccccc3o2)CC1. The van der Waals surface area contributed by atoms with Crippen molar-refractivity contribution in [3.8, 4) is 0 Å². The molecule has 8 heteroatoms. The first-order valence-corrected chi connectivity index (χ1v) is 9.89. The van der Waals surface area contributed by atoms with Crippen molar-refractivity contribution in [3.63, 3.8) is 0 Å². The van der Waals surface area contributed by atoms with Gasteiger partial charge < -0.3 is 19.5 Å². The van der Waals surface area contributed by atoms with Crippen molar-refractivity contribution in [1.82, 2.24) is 15.2 Å². The van der Waals surface area contributed by atoms with Crippen LogP contribution in [0.2, 0.25) is 0 Å². The van der Waals surface area contributed by atoms with Crippen LogP contribution < -0.4 is 10.2 Å². The van der Waals surface area contributed by atoms with E-state index in [1.165, 1.54) is 25.7 Å². The van der Waals surface area contributed by atoms with E-state index in [-0.39, 0.29) is 24.8 Å². The normalized spacial score (nSPS) is 26.6. The van der Waals surface area contributed by atoms with Crippen LogP contribution in [-0.4, -0.2) is 54.1 Å². The molecule has 6 nitrogen and oxygen atoms in total. The maximum absolute atomic E-state index is 12.7. The van der Waals surface area contributed by atoms with Gasteiger partial charge >= 0.3 is 0 Å². The van der Waals surface area contributed by atoms with Gasteiger partial charge in [-0.2, -0.15) is 4.98 Å². The summed E-state index contributed by atoms with van der Waals surface area (Å²) in [5.41, 5.74) is 1.71. The number of oxazole rings is 1. The Morgan fingerprint density at radius 1 is 1.07 bits per heavy atom. The molecule has 0 aliphatic carbocycles. The molecule has 3 aliphatic heterocycles. The zero-order valence-electron chi connectivity index (χ0n) is 15.9. The molecule has 2 atom stereocenters. The van der Waals surface area contributed by atoms with Gasteiger partial charge in [0, 0.05) is 44.7 Å². The number of hydrogen-bond donors (Lipinski definition) is 1. The van der Waals surface area contributed by atoms with Gasteiger partial charge in [0.15, 0.2) is 5.58 Å². The molecule has 28 heavy (non-hydrogen) atoms. The third kappa shape index (κ3) is 4.24. The first kappa shape index (κ1) is 21.2. The molecule has 3 fully saturated rings. The molecule has 154 valence electrons. The fourth-order valence-electron chi connectivity index (χ4n) is 4.86. The number of rotatable bonds is 3. The molecular formula is C20H28Cl2N4O2. The number of amides is 1. The number of benzene rings is 1.